The van der Waals surface area contributed by atoms with Gasteiger partial charge in [0.15, 0.2) is 0 Å². The molecule has 1 amide bonds. The first-order valence-corrected chi connectivity index (χ1v) is 8.48. The Morgan fingerprint density at radius 2 is 1.70 bits per heavy atom. The maximum absolute atomic E-state index is 12.7. The van der Waals surface area contributed by atoms with Crippen LogP contribution in [0.15, 0.2) is 83.5 Å². The van der Waals surface area contributed by atoms with Crippen molar-refractivity contribution in [2.45, 2.75) is 6.54 Å². The van der Waals surface area contributed by atoms with E-state index in [1.165, 1.54) is 0 Å². The highest BCUT2D eigenvalue weighted by molar-refractivity contribution is 5.99. The van der Waals surface area contributed by atoms with Crippen LogP contribution in [0.2, 0.25) is 0 Å². The summed E-state index contributed by atoms with van der Waals surface area (Å²) in [5.74, 6) is 0.558. The number of hydrogen-bond acceptors (Lipinski definition) is 5. The number of pyridine rings is 1. The Balaban J connectivity index is 1.58. The quantitative estimate of drug-likeness (QED) is 0.589. The van der Waals surface area contributed by atoms with Gasteiger partial charge in [-0.15, -0.1) is 0 Å². The molecule has 0 bridgehead atoms. The molecule has 0 fully saturated rings. The lowest BCUT2D eigenvalue weighted by Crippen LogP contribution is -2.23. The third-order valence-electron chi connectivity index (χ3n) is 4.02. The SMILES string of the molecule is O=C(NCc1ccccn1)c1ccccc1-c1nc(-c2ccccc2)no1. The highest BCUT2D eigenvalue weighted by Crippen LogP contribution is 2.25. The molecule has 0 saturated heterocycles. The van der Waals surface area contributed by atoms with E-state index in [2.05, 4.69) is 20.4 Å². The van der Waals surface area contributed by atoms with Crippen LogP contribution in [0.3, 0.4) is 0 Å². The van der Waals surface area contributed by atoms with Crippen molar-refractivity contribution in [1.82, 2.24) is 20.4 Å². The van der Waals surface area contributed by atoms with Gasteiger partial charge in [-0.3, -0.25) is 9.78 Å². The number of rotatable bonds is 5. The van der Waals surface area contributed by atoms with Crippen molar-refractivity contribution in [3.05, 3.63) is 90.3 Å². The third kappa shape index (κ3) is 3.74. The fraction of sp³-hybridized carbons (Fsp3) is 0.0476. The summed E-state index contributed by atoms with van der Waals surface area (Å²) in [7, 11) is 0. The lowest BCUT2D eigenvalue weighted by molar-refractivity contribution is 0.0951. The molecule has 0 aliphatic carbocycles. The highest BCUT2D eigenvalue weighted by atomic mass is 16.5. The lowest BCUT2D eigenvalue weighted by atomic mass is 10.1. The Hall–Kier alpha value is -3.80. The van der Waals surface area contributed by atoms with Gasteiger partial charge in [0.1, 0.15) is 0 Å². The van der Waals surface area contributed by atoms with E-state index in [4.69, 9.17) is 4.52 Å². The summed E-state index contributed by atoms with van der Waals surface area (Å²) in [6.45, 7) is 0.340. The zero-order valence-corrected chi connectivity index (χ0v) is 14.4. The van der Waals surface area contributed by atoms with Gasteiger partial charge >= 0.3 is 0 Å². The fourth-order valence-corrected chi connectivity index (χ4v) is 2.67. The van der Waals surface area contributed by atoms with Crippen LogP contribution < -0.4 is 5.32 Å². The van der Waals surface area contributed by atoms with E-state index in [0.29, 0.717) is 29.4 Å². The number of aromatic nitrogens is 3. The summed E-state index contributed by atoms with van der Waals surface area (Å²) in [4.78, 5) is 21.3. The van der Waals surface area contributed by atoms with E-state index in [1.54, 1.807) is 24.4 Å². The van der Waals surface area contributed by atoms with Crippen LogP contribution in [0.5, 0.6) is 0 Å². The number of amides is 1. The van der Waals surface area contributed by atoms with Gasteiger partial charge in [-0.1, -0.05) is 53.7 Å². The maximum atomic E-state index is 12.7. The van der Waals surface area contributed by atoms with Crippen LogP contribution in [-0.2, 0) is 6.54 Å². The minimum atomic E-state index is -0.226. The molecule has 0 aliphatic rings. The van der Waals surface area contributed by atoms with Crippen LogP contribution in [0.1, 0.15) is 16.1 Å². The van der Waals surface area contributed by atoms with Gasteiger partial charge in [-0.05, 0) is 24.3 Å². The highest BCUT2D eigenvalue weighted by Gasteiger charge is 2.18. The molecule has 0 unspecified atom stereocenters. The molecule has 4 aromatic rings. The first-order chi connectivity index (χ1) is 13.3. The van der Waals surface area contributed by atoms with E-state index < -0.39 is 0 Å². The number of nitrogens with zero attached hydrogens (tertiary/aromatic N) is 3. The van der Waals surface area contributed by atoms with Gasteiger partial charge in [-0.2, -0.15) is 4.98 Å². The zero-order chi connectivity index (χ0) is 18.5. The van der Waals surface area contributed by atoms with Gasteiger partial charge in [0.2, 0.25) is 5.82 Å². The summed E-state index contributed by atoms with van der Waals surface area (Å²) in [5, 5.41) is 6.90. The molecular formula is C21H16N4O2. The van der Waals surface area contributed by atoms with Crippen molar-refractivity contribution in [2.24, 2.45) is 0 Å². The average Bonchev–Trinajstić information content (AvgIpc) is 3.23. The Morgan fingerprint density at radius 1 is 0.926 bits per heavy atom. The van der Waals surface area contributed by atoms with Crippen molar-refractivity contribution >= 4 is 5.91 Å². The standard InChI is InChI=1S/C21H16N4O2/c26-20(23-14-16-10-6-7-13-22-16)17-11-4-5-12-18(17)21-24-19(25-27-21)15-8-2-1-3-9-15/h1-13H,14H2,(H,23,26). The van der Waals surface area contributed by atoms with Crippen LogP contribution in [0.4, 0.5) is 0 Å². The molecule has 0 spiro atoms. The van der Waals surface area contributed by atoms with Gasteiger partial charge < -0.3 is 9.84 Å². The number of carbonyl (C=O) groups is 1. The van der Waals surface area contributed by atoms with E-state index in [9.17, 15) is 4.79 Å². The molecule has 6 nitrogen and oxygen atoms in total. The molecule has 2 aromatic carbocycles. The van der Waals surface area contributed by atoms with Crippen LogP contribution >= 0.6 is 0 Å². The molecule has 0 atom stereocenters. The van der Waals surface area contributed by atoms with E-state index >= 15 is 0 Å². The second-order valence-corrected chi connectivity index (χ2v) is 5.84. The molecule has 0 aliphatic heterocycles. The van der Waals surface area contributed by atoms with Crippen LogP contribution in [-0.4, -0.2) is 21.0 Å². The number of nitrogens with one attached hydrogen (secondary N) is 1. The van der Waals surface area contributed by atoms with Gasteiger partial charge in [0, 0.05) is 11.8 Å². The Labute approximate surface area is 155 Å². The summed E-state index contributed by atoms with van der Waals surface area (Å²) < 4.78 is 5.41. The van der Waals surface area contributed by atoms with Gasteiger partial charge in [0.25, 0.3) is 11.8 Å². The Kier molecular flexibility index (Phi) is 4.70. The minimum absolute atomic E-state index is 0.226. The summed E-state index contributed by atoms with van der Waals surface area (Å²) in [5.41, 5.74) is 2.69. The molecule has 2 heterocycles. The predicted molar refractivity (Wildman–Crippen MR) is 101 cm³/mol. The second-order valence-electron chi connectivity index (χ2n) is 5.84. The van der Waals surface area contributed by atoms with E-state index in [1.807, 2.05) is 54.6 Å². The molecule has 0 radical (unpaired) electrons. The fourth-order valence-electron chi connectivity index (χ4n) is 2.67. The molecule has 0 saturated carbocycles. The summed E-state index contributed by atoms with van der Waals surface area (Å²) in [6.07, 6.45) is 1.69. The molecule has 6 heteroatoms. The molecular weight excluding hydrogens is 340 g/mol. The number of carbonyl (C=O) groups excluding carboxylic acids is 1. The smallest absolute Gasteiger partial charge is 0.259 e. The Bertz CT molecular complexity index is 1050. The molecule has 132 valence electrons. The number of benzene rings is 2. The lowest BCUT2D eigenvalue weighted by Gasteiger charge is -2.07. The maximum Gasteiger partial charge on any atom is 0.259 e. The summed E-state index contributed by atoms with van der Waals surface area (Å²) in [6, 6.07) is 22.3. The van der Waals surface area contributed by atoms with Crippen molar-refractivity contribution < 1.29 is 9.32 Å². The largest absolute Gasteiger partial charge is 0.346 e. The van der Waals surface area contributed by atoms with E-state index in [0.717, 1.165) is 11.3 Å². The molecule has 27 heavy (non-hydrogen) atoms. The van der Waals surface area contributed by atoms with Crippen LogP contribution in [0, 0.1) is 0 Å². The van der Waals surface area contributed by atoms with Crippen LogP contribution in [0.25, 0.3) is 22.8 Å². The Morgan fingerprint density at radius 3 is 2.52 bits per heavy atom. The van der Waals surface area contributed by atoms with E-state index in [-0.39, 0.29) is 5.91 Å². The first-order valence-electron chi connectivity index (χ1n) is 8.48. The van der Waals surface area contributed by atoms with Gasteiger partial charge in [-0.25, -0.2) is 0 Å². The van der Waals surface area contributed by atoms with Crippen molar-refractivity contribution in [2.75, 3.05) is 0 Å². The predicted octanol–water partition coefficient (Wildman–Crippen LogP) is 3.73. The summed E-state index contributed by atoms with van der Waals surface area (Å²) >= 11 is 0. The minimum Gasteiger partial charge on any atom is -0.346 e. The van der Waals surface area contributed by atoms with Crippen molar-refractivity contribution in [1.29, 1.82) is 0 Å². The molecule has 2 aromatic heterocycles. The zero-order valence-electron chi connectivity index (χ0n) is 14.4. The first kappa shape index (κ1) is 16.7. The molecule has 4 rings (SSSR count). The second kappa shape index (κ2) is 7.61. The third-order valence-corrected chi connectivity index (χ3v) is 4.02. The normalized spacial score (nSPS) is 10.5. The van der Waals surface area contributed by atoms with Crippen molar-refractivity contribution in [3.8, 4) is 22.8 Å². The van der Waals surface area contributed by atoms with Crippen molar-refractivity contribution in [3.63, 3.8) is 0 Å². The number of hydrogen-bond donors (Lipinski definition) is 1. The monoisotopic (exact) mass is 356 g/mol. The average molecular weight is 356 g/mol. The molecule has 1 N–H and O–H groups in total. The van der Waals surface area contributed by atoms with Gasteiger partial charge in [0.05, 0.1) is 23.4 Å². The topological polar surface area (TPSA) is 80.9 Å².